The van der Waals surface area contributed by atoms with Crippen LogP contribution in [0.15, 0.2) is 60.1 Å². The van der Waals surface area contributed by atoms with Gasteiger partial charge >= 0.3 is 0 Å². The van der Waals surface area contributed by atoms with Gasteiger partial charge in [0.2, 0.25) is 5.91 Å². The van der Waals surface area contributed by atoms with Crippen molar-refractivity contribution in [1.29, 1.82) is 0 Å². The van der Waals surface area contributed by atoms with E-state index in [9.17, 15) is 9.59 Å². The Morgan fingerprint density at radius 1 is 1.11 bits per heavy atom. The molecular weight excluding hydrogens is 378 g/mol. The molecule has 0 saturated heterocycles. The topological polar surface area (TPSA) is 71.1 Å². The van der Waals surface area contributed by atoms with Gasteiger partial charge in [-0.05, 0) is 36.8 Å². The molecule has 5 nitrogen and oxygen atoms in total. The zero-order chi connectivity index (χ0) is 19.1. The number of aryl methyl sites for hydroxylation is 1. The summed E-state index contributed by atoms with van der Waals surface area (Å²) in [7, 11) is 0. The van der Waals surface area contributed by atoms with Crippen molar-refractivity contribution in [2.75, 3.05) is 16.4 Å². The summed E-state index contributed by atoms with van der Waals surface area (Å²) >= 11 is 2.93. The predicted molar refractivity (Wildman–Crippen MR) is 112 cm³/mol. The Morgan fingerprint density at radius 2 is 1.93 bits per heavy atom. The molecule has 0 unspecified atom stereocenters. The lowest BCUT2D eigenvalue weighted by molar-refractivity contribution is -0.113. The molecule has 0 atom stereocenters. The summed E-state index contributed by atoms with van der Waals surface area (Å²) in [5, 5.41) is 7.93. The van der Waals surface area contributed by atoms with E-state index >= 15 is 0 Å². The van der Waals surface area contributed by atoms with Crippen LogP contribution < -0.4 is 10.6 Å². The third-order valence-electron chi connectivity index (χ3n) is 3.67. The largest absolute Gasteiger partial charge is 0.325 e. The Labute approximate surface area is 166 Å². The van der Waals surface area contributed by atoms with Gasteiger partial charge in [-0.25, -0.2) is 4.98 Å². The molecule has 0 bridgehead atoms. The van der Waals surface area contributed by atoms with Gasteiger partial charge < -0.3 is 5.32 Å². The van der Waals surface area contributed by atoms with Crippen molar-refractivity contribution in [2.45, 2.75) is 12.7 Å². The second kappa shape index (κ2) is 9.34. The predicted octanol–water partition coefficient (Wildman–Crippen LogP) is 4.58. The maximum Gasteiger partial charge on any atom is 0.257 e. The Bertz CT molecular complexity index is 909. The Hall–Kier alpha value is -2.64. The van der Waals surface area contributed by atoms with Crippen LogP contribution in [0.1, 0.15) is 21.5 Å². The van der Waals surface area contributed by atoms with Gasteiger partial charge in [0.25, 0.3) is 5.91 Å². The second-order valence-corrected chi connectivity index (χ2v) is 7.78. The van der Waals surface area contributed by atoms with Crippen molar-refractivity contribution in [3.8, 4) is 0 Å². The average Bonchev–Trinajstić information content (AvgIpc) is 3.15. The van der Waals surface area contributed by atoms with E-state index in [4.69, 9.17) is 0 Å². The number of rotatable bonds is 7. The number of amides is 2. The average molecular weight is 398 g/mol. The normalized spacial score (nSPS) is 10.4. The molecule has 0 radical (unpaired) electrons. The van der Waals surface area contributed by atoms with Crippen molar-refractivity contribution < 1.29 is 9.59 Å². The molecule has 27 heavy (non-hydrogen) atoms. The fourth-order valence-corrected chi connectivity index (χ4v) is 3.72. The number of hydrogen-bond donors (Lipinski definition) is 2. The van der Waals surface area contributed by atoms with Crippen LogP contribution in [0, 0.1) is 6.92 Å². The van der Waals surface area contributed by atoms with Crippen LogP contribution in [0.5, 0.6) is 0 Å². The van der Waals surface area contributed by atoms with Crippen LogP contribution in [0.3, 0.4) is 0 Å². The number of benzene rings is 2. The molecule has 0 saturated carbocycles. The SMILES string of the molecule is Cc1cccc(CSCC(=O)Nc2ccc(C(=O)Nc3nccs3)cc2)c1. The number of thiazole rings is 1. The van der Waals surface area contributed by atoms with E-state index in [2.05, 4.69) is 40.7 Å². The first-order chi connectivity index (χ1) is 13.1. The lowest BCUT2D eigenvalue weighted by atomic mass is 10.2. The molecule has 3 rings (SSSR count). The summed E-state index contributed by atoms with van der Waals surface area (Å²) in [6.45, 7) is 2.06. The zero-order valence-electron chi connectivity index (χ0n) is 14.8. The summed E-state index contributed by atoms with van der Waals surface area (Å²) in [5.41, 5.74) is 3.61. The van der Waals surface area contributed by atoms with Gasteiger partial charge in [-0.15, -0.1) is 23.1 Å². The van der Waals surface area contributed by atoms with E-state index in [1.165, 1.54) is 22.5 Å². The number of nitrogens with one attached hydrogen (secondary N) is 2. The van der Waals surface area contributed by atoms with Gasteiger partial charge in [0.1, 0.15) is 0 Å². The van der Waals surface area contributed by atoms with Crippen molar-refractivity contribution in [1.82, 2.24) is 4.98 Å². The first-order valence-electron chi connectivity index (χ1n) is 8.34. The number of carbonyl (C=O) groups is 2. The van der Waals surface area contributed by atoms with Crippen molar-refractivity contribution >= 4 is 45.7 Å². The molecule has 138 valence electrons. The molecule has 0 fully saturated rings. The number of thioether (sulfide) groups is 1. The van der Waals surface area contributed by atoms with Crippen molar-refractivity contribution in [3.63, 3.8) is 0 Å². The number of nitrogens with zero attached hydrogens (tertiary/aromatic N) is 1. The van der Waals surface area contributed by atoms with Crippen LogP contribution >= 0.6 is 23.1 Å². The first kappa shape index (κ1) is 19.1. The second-order valence-electron chi connectivity index (χ2n) is 5.90. The van der Waals surface area contributed by atoms with E-state index in [0.717, 1.165) is 5.75 Å². The van der Waals surface area contributed by atoms with Gasteiger partial charge in [0, 0.05) is 28.6 Å². The van der Waals surface area contributed by atoms with E-state index < -0.39 is 0 Å². The Kier molecular flexibility index (Phi) is 6.62. The molecular formula is C20H19N3O2S2. The standard InChI is InChI=1S/C20H19N3O2S2/c1-14-3-2-4-15(11-14)12-26-13-18(24)22-17-7-5-16(6-8-17)19(25)23-20-21-9-10-27-20/h2-11H,12-13H2,1H3,(H,22,24)(H,21,23,25). The molecule has 2 amide bonds. The molecule has 0 aliphatic rings. The quantitative estimate of drug-likeness (QED) is 0.612. The summed E-state index contributed by atoms with van der Waals surface area (Å²) in [4.78, 5) is 28.2. The minimum Gasteiger partial charge on any atom is -0.325 e. The van der Waals surface area contributed by atoms with Gasteiger partial charge in [-0.3, -0.25) is 14.9 Å². The van der Waals surface area contributed by atoms with Crippen molar-refractivity contribution in [2.24, 2.45) is 0 Å². The van der Waals surface area contributed by atoms with Crippen LogP contribution in [0.4, 0.5) is 10.8 Å². The highest BCUT2D eigenvalue weighted by molar-refractivity contribution is 7.99. The molecule has 2 N–H and O–H groups in total. The zero-order valence-corrected chi connectivity index (χ0v) is 16.4. The van der Waals surface area contributed by atoms with Gasteiger partial charge in [-0.1, -0.05) is 29.8 Å². The van der Waals surface area contributed by atoms with Crippen LogP contribution in [0.25, 0.3) is 0 Å². The number of aromatic nitrogens is 1. The van der Waals surface area contributed by atoms with Gasteiger partial charge in [0.05, 0.1) is 5.75 Å². The molecule has 7 heteroatoms. The maximum absolute atomic E-state index is 12.1. The number of carbonyl (C=O) groups excluding carboxylic acids is 2. The summed E-state index contributed by atoms with van der Waals surface area (Å²) in [5.74, 6) is 0.884. The van der Waals surface area contributed by atoms with Gasteiger partial charge in [0.15, 0.2) is 5.13 Å². The Balaban J connectivity index is 1.46. The fraction of sp³-hybridized carbons (Fsp3) is 0.150. The van der Waals surface area contributed by atoms with Crippen molar-refractivity contribution in [3.05, 3.63) is 76.8 Å². The van der Waals surface area contributed by atoms with E-state index in [1.807, 2.05) is 6.07 Å². The van der Waals surface area contributed by atoms with Crippen LogP contribution in [-0.4, -0.2) is 22.6 Å². The molecule has 3 aromatic rings. The lowest BCUT2D eigenvalue weighted by Crippen LogP contribution is -2.15. The highest BCUT2D eigenvalue weighted by Gasteiger charge is 2.08. The Morgan fingerprint density at radius 3 is 2.63 bits per heavy atom. The van der Waals surface area contributed by atoms with Crippen LogP contribution in [-0.2, 0) is 10.5 Å². The summed E-state index contributed by atoms with van der Waals surface area (Å²) < 4.78 is 0. The highest BCUT2D eigenvalue weighted by atomic mass is 32.2. The first-order valence-corrected chi connectivity index (χ1v) is 10.4. The third kappa shape index (κ3) is 5.94. The number of hydrogen-bond acceptors (Lipinski definition) is 5. The minimum atomic E-state index is -0.225. The van der Waals surface area contributed by atoms with Gasteiger partial charge in [-0.2, -0.15) is 0 Å². The van der Waals surface area contributed by atoms with Crippen LogP contribution in [0.2, 0.25) is 0 Å². The molecule has 0 spiro atoms. The molecule has 2 aromatic carbocycles. The van der Waals surface area contributed by atoms with E-state index in [-0.39, 0.29) is 11.8 Å². The fourth-order valence-electron chi connectivity index (χ4n) is 2.42. The molecule has 1 heterocycles. The summed E-state index contributed by atoms with van der Waals surface area (Å²) in [6, 6.07) is 15.1. The summed E-state index contributed by atoms with van der Waals surface area (Å²) in [6.07, 6.45) is 1.63. The maximum atomic E-state index is 12.1. The monoisotopic (exact) mass is 397 g/mol. The molecule has 0 aliphatic heterocycles. The van der Waals surface area contributed by atoms with E-state index in [1.54, 1.807) is 47.6 Å². The molecule has 0 aliphatic carbocycles. The smallest absolute Gasteiger partial charge is 0.257 e. The van der Waals surface area contributed by atoms with E-state index in [0.29, 0.717) is 22.1 Å². The highest BCUT2D eigenvalue weighted by Crippen LogP contribution is 2.16. The lowest BCUT2D eigenvalue weighted by Gasteiger charge is -2.07. The minimum absolute atomic E-state index is 0.0624. The third-order valence-corrected chi connectivity index (χ3v) is 5.36. The molecule has 1 aromatic heterocycles. The number of anilines is 2.